The number of nitrogens with one attached hydrogen (secondary N) is 1. The average Bonchev–Trinajstić information content (AvgIpc) is 3.22. The summed E-state index contributed by atoms with van der Waals surface area (Å²) in [6, 6.07) is 14.6. The van der Waals surface area contributed by atoms with Crippen LogP contribution < -0.4 is 5.32 Å². The van der Waals surface area contributed by atoms with E-state index in [1.807, 2.05) is 12.1 Å². The molecule has 33 heavy (non-hydrogen) atoms. The molecule has 0 saturated heterocycles. The van der Waals surface area contributed by atoms with Crippen LogP contribution in [0.4, 0.5) is 0 Å². The molecule has 1 N–H and O–H groups in total. The molecule has 0 radical (unpaired) electrons. The third kappa shape index (κ3) is 4.64. The number of fused-ring (bicyclic) bond motifs is 1. The summed E-state index contributed by atoms with van der Waals surface area (Å²) in [6.45, 7) is 16.3. The first kappa shape index (κ1) is 23.4. The molecule has 1 aromatic heterocycles. The number of carbonyl (C=O) groups is 1. The normalized spacial score (nSPS) is 16.3. The van der Waals surface area contributed by atoms with E-state index in [2.05, 4.69) is 78.0 Å². The molecule has 0 unspecified atom stereocenters. The van der Waals surface area contributed by atoms with Gasteiger partial charge >= 0.3 is 0 Å². The largest absolute Gasteiger partial charge is 0.456 e. The van der Waals surface area contributed by atoms with Crippen molar-refractivity contribution < 1.29 is 9.21 Å². The van der Waals surface area contributed by atoms with Crippen molar-refractivity contribution in [3.63, 3.8) is 0 Å². The van der Waals surface area contributed by atoms with E-state index in [0.29, 0.717) is 18.7 Å². The summed E-state index contributed by atoms with van der Waals surface area (Å²) in [4.78, 5) is 12.7. The molecule has 2 aromatic carbocycles. The number of carbonyl (C=O) groups excluding carboxylic acids is 1. The number of aryl methyl sites for hydroxylation is 2. The minimum atomic E-state index is -0.174. The van der Waals surface area contributed by atoms with Crippen molar-refractivity contribution in [3.8, 4) is 0 Å². The highest BCUT2D eigenvalue weighted by Gasteiger charge is 2.37. The van der Waals surface area contributed by atoms with Crippen molar-refractivity contribution >= 4 is 5.91 Å². The van der Waals surface area contributed by atoms with Crippen molar-refractivity contribution in [3.05, 3.63) is 92.9 Å². The zero-order valence-corrected chi connectivity index (χ0v) is 21.2. The van der Waals surface area contributed by atoms with Crippen molar-refractivity contribution in [2.75, 3.05) is 0 Å². The summed E-state index contributed by atoms with van der Waals surface area (Å²) in [5.74, 6) is 1.02. The first-order valence-corrected chi connectivity index (χ1v) is 12.0. The van der Waals surface area contributed by atoms with Crippen LogP contribution >= 0.6 is 0 Å². The Bertz CT molecular complexity index is 1200. The van der Waals surface area contributed by atoms with E-state index in [-0.39, 0.29) is 16.7 Å². The van der Waals surface area contributed by atoms with Gasteiger partial charge in [-0.05, 0) is 95.5 Å². The van der Waals surface area contributed by atoms with Crippen LogP contribution in [0.25, 0.3) is 0 Å². The van der Waals surface area contributed by atoms with E-state index in [0.717, 1.165) is 11.3 Å². The fourth-order valence-electron chi connectivity index (χ4n) is 5.01. The molecular formula is C30H37NO2. The van der Waals surface area contributed by atoms with Gasteiger partial charge in [0.25, 0.3) is 5.91 Å². The summed E-state index contributed by atoms with van der Waals surface area (Å²) in [5.41, 5.74) is 9.46. The molecule has 0 saturated carbocycles. The quantitative estimate of drug-likeness (QED) is 0.458. The zero-order chi connectivity index (χ0) is 24.0. The maximum Gasteiger partial charge on any atom is 0.287 e. The molecule has 1 amide bonds. The Kier molecular flexibility index (Phi) is 6.03. The fraction of sp³-hybridized carbons (Fsp3) is 0.433. The summed E-state index contributed by atoms with van der Waals surface area (Å²) >= 11 is 0. The molecule has 0 fully saturated rings. The van der Waals surface area contributed by atoms with Crippen LogP contribution in [0.5, 0.6) is 0 Å². The number of hydrogen-bond donors (Lipinski definition) is 1. The minimum absolute atomic E-state index is 0.174. The number of benzene rings is 2. The maximum atomic E-state index is 12.7. The van der Waals surface area contributed by atoms with Gasteiger partial charge in [-0.2, -0.15) is 0 Å². The molecule has 0 bridgehead atoms. The third-order valence-corrected chi connectivity index (χ3v) is 7.72. The standard InChI is InChI=1S/C30H37NO2/c1-19-9-8-10-22(21(19)3)18-31-28(32)27-12-11-24(33-27)16-23-17-26-25(15-20(23)2)29(4,5)13-14-30(26,6)7/h8-12,15,17H,13-14,16,18H2,1-7H3,(H,31,32). The van der Waals surface area contributed by atoms with E-state index >= 15 is 0 Å². The minimum Gasteiger partial charge on any atom is -0.456 e. The molecule has 4 rings (SSSR count). The SMILES string of the molecule is Cc1cc2c(cc1Cc1ccc(C(=O)NCc3cccc(C)c3C)o1)C(C)(C)CCC2(C)C. The van der Waals surface area contributed by atoms with Crippen molar-refractivity contribution in [2.24, 2.45) is 0 Å². The molecule has 174 valence electrons. The predicted molar refractivity (Wildman–Crippen MR) is 135 cm³/mol. The molecule has 1 aliphatic rings. The molecular weight excluding hydrogens is 406 g/mol. The van der Waals surface area contributed by atoms with Crippen LogP contribution in [-0.2, 0) is 23.8 Å². The van der Waals surface area contributed by atoms with Crippen LogP contribution in [0.15, 0.2) is 46.9 Å². The van der Waals surface area contributed by atoms with Gasteiger partial charge in [0.2, 0.25) is 0 Å². The Morgan fingerprint density at radius 2 is 1.55 bits per heavy atom. The Morgan fingerprint density at radius 3 is 2.24 bits per heavy atom. The van der Waals surface area contributed by atoms with Gasteiger partial charge in [0.05, 0.1) is 0 Å². The van der Waals surface area contributed by atoms with Crippen LogP contribution in [0.2, 0.25) is 0 Å². The van der Waals surface area contributed by atoms with Gasteiger partial charge in [-0.25, -0.2) is 0 Å². The second kappa shape index (κ2) is 8.52. The van der Waals surface area contributed by atoms with Gasteiger partial charge in [-0.1, -0.05) is 58.0 Å². The van der Waals surface area contributed by atoms with E-state index in [4.69, 9.17) is 4.42 Å². The number of furan rings is 1. The molecule has 1 aliphatic carbocycles. The number of rotatable bonds is 5. The lowest BCUT2D eigenvalue weighted by Gasteiger charge is -2.42. The zero-order valence-electron chi connectivity index (χ0n) is 21.2. The highest BCUT2D eigenvalue weighted by Crippen LogP contribution is 2.46. The van der Waals surface area contributed by atoms with Crippen molar-refractivity contribution in [1.29, 1.82) is 0 Å². The van der Waals surface area contributed by atoms with Gasteiger partial charge in [-0.15, -0.1) is 0 Å². The summed E-state index contributed by atoms with van der Waals surface area (Å²) in [5, 5.41) is 3.00. The maximum absolute atomic E-state index is 12.7. The molecule has 3 nitrogen and oxygen atoms in total. The summed E-state index contributed by atoms with van der Waals surface area (Å²) in [6.07, 6.45) is 3.10. The first-order valence-electron chi connectivity index (χ1n) is 12.0. The lowest BCUT2D eigenvalue weighted by atomic mass is 9.62. The van der Waals surface area contributed by atoms with E-state index in [9.17, 15) is 4.79 Å². The lowest BCUT2D eigenvalue weighted by Crippen LogP contribution is -2.34. The van der Waals surface area contributed by atoms with Crippen LogP contribution in [0.3, 0.4) is 0 Å². The number of amides is 1. The summed E-state index contributed by atoms with van der Waals surface area (Å²) < 4.78 is 5.97. The highest BCUT2D eigenvalue weighted by molar-refractivity contribution is 5.91. The molecule has 3 heteroatoms. The Hall–Kier alpha value is -2.81. The predicted octanol–water partition coefficient (Wildman–Crippen LogP) is 7.07. The lowest BCUT2D eigenvalue weighted by molar-refractivity contribution is 0.0921. The van der Waals surface area contributed by atoms with Crippen LogP contribution in [0.1, 0.15) is 95.8 Å². The Labute approximate surface area is 198 Å². The third-order valence-electron chi connectivity index (χ3n) is 7.72. The Morgan fingerprint density at radius 1 is 0.879 bits per heavy atom. The van der Waals surface area contributed by atoms with Crippen LogP contribution in [0, 0.1) is 20.8 Å². The van der Waals surface area contributed by atoms with Crippen molar-refractivity contribution in [1.82, 2.24) is 5.32 Å². The smallest absolute Gasteiger partial charge is 0.287 e. The van der Waals surface area contributed by atoms with E-state index in [1.165, 1.54) is 46.2 Å². The van der Waals surface area contributed by atoms with E-state index < -0.39 is 0 Å². The molecule has 0 spiro atoms. The average molecular weight is 444 g/mol. The fourth-order valence-corrected chi connectivity index (χ4v) is 5.01. The van der Waals surface area contributed by atoms with Gasteiger partial charge in [-0.3, -0.25) is 4.79 Å². The topological polar surface area (TPSA) is 42.2 Å². The van der Waals surface area contributed by atoms with E-state index in [1.54, 1.807) is 6.07 Å². The Balaban J connectivity index is 1.51. The van der Waals surface area contributed by atoms with Crippen LogP contribution in [-0.4, -0.2) is 5.91 Å². The summed E-state index contributed by atoms with van der Waals surface area (Å²) in [7, 11) is 0. The van der Waals surface area contributed by atoms with Gasteiger partial charge in [0, 0.05) is 13.0 Å². The number of hydrogen-bond acceptors (Lipinski definition) is 2. The van der Waals surface area contributed by atoms with Gasteiger partial charge in [0.1, 0.15) is 5.76 Å². The second-order valence-electron chi connectivity index (χ2n) is 11.1. The van der Waals surface area contributed by atoms with Gasteiger partial charge in [0.15, 0.2) is 5.76 Å². The molecule has 0 atom stereocenters. The molecule has 0 aliphatic heterocycles. The van der Waals surface area contributed by atoms with Crippen molar-refractivity contribution in [2.45, 2.75) is 85.1 Å². The second-order valence-corrected chi connectivity index (χ2v) is 11.1. The monoisotopic (exact) mass is 443 g/mol. The first-order chi connectivity index (χ1) is 15.5. The molecule has 1 heterocycles. The molecule has 3 aromatic rings. The highest BCUT2D eigenvalue weighted by atomic mass is 16.3. The van der Waals surface area contributed by atoms with Gasteiger partial charge < -0.3 is 9.73 Å².